The lowest BCUT2D eigenvalue weighted by Crippen LogP contribution is -2.20. The summed E-state index contributed by atoms with van der Waals surface area (Å²) in [5.41, 5.74) is 0. The van der Waals surface area contributed by atoms with Gasteiger partial charge in [-0.1, -0.05) is 17.7 Å². The quantitative estimate of drug-likeness (QED) is 0.603. The minimum absolute atomic E-state index is 0.0787. The van der Waals surface area contributed by atoms with Crippen LogP contribution in [0.15, 0.2) is 34.1 Å². The van der Waals surface area contributed by atoms with Gasteiger partial charge < -0.3 is 10.1 Å². The number of halogens is 3. The fraction of sp³-hybridized carbons (Fsp3) is 0.231. The van der Waals surface area contributed by atoms with Gasteiger partial charge in [-0.3, -0.25) is 0 Å². The Hall–Kier alpha value is -0.620. The molecular formula is C13H12BrClFNOS. The fourth-order valence-electron chi connectivity index (χ4n) is 1.47. The molecule has 2 nitrogen and oxygen atoms in total. The minimum atomic E-state index is -0.480. The molecule has 1 N–H and O–H groups in total. The molecule has 0 fully saturated rings. The maximum absolute atomic E-state index is 13.3. The predicted molar refractivity (Wildman–Crippen MR) is 80.6 cm³/mol. The van der Waals surface area contributed by atoms with Gasteiger partial charge in [0.15, 0.2) is 0 Å². The fourth-order valence-corrected chi connectivity index (χ4v) is 2.90. The highest BCUT2D eigenvalue weighted by molar-refractivity contribution is 9.10. The van der Waals surface area contributed by atoms with Crippen LogP contribution < -0.4 is 10.1 Å². The van der Waals surface area contributed by atoms with Crippen molar-refractivity contribution in [3.8, 4) is 5.75 Å². The number of rotatable bonds is 6. The van der Waals surface area contributed by atoms with E-state index in [-0.39, 0.29) is 5.02 Å². The topological polar surface area (TPSA) is 21.3 Å². The first-order chi connectivity index (χ1) is 9.16. The third kappa shape index (κ3) is 4.45. The summed E-state index contributed by atoms with van der Waals surface area (Å²) in [4.78, 5) is 1.28. The SMILES string of the molecule is Fc1cc(OCCNCc2cccs2)c(Br)cc1Cl. The van der Waals surface area contributed by atoms with Crippen molar-refractivity contribution in [3.63, 3.8) is 0 Å². The van der Waals surface area contributed by atoms with Crippen LogP contribution in [0.3, 0.4) is 0 Å². The maximum atomic E-state index is 13.3. The van der Waals surface area contributed by atoms with Gasteiger partial charge >= 0.3 is 0 Å². The van der Waals surface area contributed by atoms with Crippen molar-refractivity contribution in [2.24, 2.45) is 0 Å². The highest BCUT2D eigenvalue weighted by Crippen LogP contribution is 2.30. The molecule has 1 aromatic heterocycles. The first-order valence-corrected chi connectivity index (χ1v) is 7.72. The van der Waals surface area contributed by atoms with Crippen LogP contribution in [0.4, 0.5) is 4.39 Å². The number of ether oxygens (including phenoxy) is 1. The lowest BCUT2D eigenvalue weighted by molar-refractivity contribution is 0.310. The molecule has 0 aliphatic carbocycles. The summed E-state index contributed by atoms with van der Waals surface area (Å²) in [5, 5.41) is 5.38. The second kappa shape index (κ2) is 7.24. The summed E-state index contributed by atoms with van der Waals surface area (Å²) in [5.74, 6) is -0.0220. The van der Waals surface area contributed by atoms with Crippen LogP contribution in [0.25, 0.3) is 0 Å². The van der Waals surface area contributed by atoms with Gasteiger partial charge in [-0.2, -0.15) is 0 Å². The minimum Gasteiger partial charge on any atom is -0.491 e. The molecule has 0 spiro atoms. The van der Waals surface area contributed by atoms with Crippen molar-refractivity contribution < 1.29 is 9.13 Å². The third-order valence-corrected chi connectivity index (χ3v) is 4.18. The van der Waals surface area contributed by atoms with E-state index in [1.54, 1.807) is 11.3 Å². The van der Waals surface area contributed by atoms with Crippen LogP contribution in [-0.2, 0) is 6.54 Å². The average molecular weight is 365 g/mol. The first-order valence-electron chi connectivity index (χ1n) is 5.67. The van der Waals surface area contributed by atoms with Crippen molar-refractivity contribution in [2.75, 3.05) is 13.2 Å². The zero-order valence-corrected chi connectivity index (χ0v) is 13.1. The van der Waals surface area contributed by atoms with Gasteiger partial charge in [0.2, 0.25) is 0 Å². The van der Waals surface area contributed by atoms with E-state index in [1.165, 1.54) is 17.0 Å². The van der Waals surface area contributed by atoms with Crippen LogP contribution in [-0.4, -0.2) is 13.2 Å². The Balaban J connectivity index is 1.75. The molecule has 0 unspecified atom stereocenters. The van der Waals surface area contributed by atoms with Gasteiger partial charge in [-0.05, 0) is 33.4 Å². The van der Waals surface area contributed by atoms with Crippen molar-refractivity contribution in [2.45, 2.75) is 6.54 Å². The molecule has 2 rings (SSSR count). The van der Waals surface area contributed by atoms with Crippen molar-refractivity contribution in [1.29, 1.82) is 0 Å². The highest BCUT2D eigenvalue weighted by atomic mass is 79.9. The molecule has 102 valence electrons. The zero-order valence-electron chi connectivity index (χ0n) is 9.96. The Morgan fingerprint density at radius 1 is 1.42 bits per heavy atom. The third-order valence-electron chi connectivity index (χ3n) is 2.39. The molecule has 1 aromatic carbocycles. The van der Waals surface area contributed by atoms with E-state index in [0.717, 1.165) is 6.54 Å². The largest absolute Gasteiger partial charge is 0.491 e. The van der Waals surface area contributed by atoms with Crippen LogP contribution in [0, 0.1) is 5.82 Å². The van der Waals surface area contributed by atoms with E-state index in [1.807, 2.05) is 11.4 Å². The Labute approximate surface area is 128 Å². The molecule has 0 saturated carbocycles. The van der Waals surface area contributed by atoms with Gasteiger partial charge in [0.05, 0.1) is 9.50 Å². The normalized spacial score (nSPS) is 10.7. The van der Waals surface area contributed by atoms with Crippen LogP contribution >= 0.6 is 38.9 Å². The lowest BCUT2D eigenvalue weighted by Gasteiger charge is -2.09. The van der Waals surface area contributed by atoms with E-state index < -0.39 is 5.82 Å². The molecular weight excluding hydrogens is 353 g/mol. The molecule has 0 bridgehead atoms. The van der Waals surface area contributed by atoms with Crippen molar-refractivity contribution in [1.82, 2.24) is 5.32 Å². The van der Waals surface area contributed by atoms with Gasteiger partial charge in [0, 0.05) is 24.0 Å². The summed E-state index contributed by atoms with van der Waals surface area (Å²) < 4.78 is 19.4. The van der Waals surface area contributed by atoms with E-state index in [9.17, 15) is 4.39 Å². The zero-order chi connectivity index (χ0) is 13.7. The summed E-state index contributed by atoms with van der Waals surface area (Å²) in [6.45, 7) is 1.97. The second-order valence-electron chi connectivity index (χ2n) is 3.80. The molecule has 1 heterocycles. The van der Waals surface area contributed by atoms with Gasteiger partial charge in [0.1, 0.15) is 18.2 Å². The molecule has 0 saturated heterocycles. The van der Waals surface area contributed by atoms with Crippen LogP contribution in [0.2, 0.25) is 5.02 Å². The van der Waals surface area contributed by atoms with E-state index in [0.29, 0.717) is 23.4 Å². The first kappa shape index (κ1) is 14.8. The molecule has 0 aliphatic heterocycles. The summed E-state index contributed by atoms with van der Waals surface area (Å²) in [6.07, 6.45) is 0. The molecule has 19 heavy (non-hydrogen) atoms. The number of hydrogen-bond donors (Lipinski definition) is 1. The van der Waals surface area contributed by atoms with E-state index >= 15 is 0 Å². The molecule has 6 heteroatoms. The molecule has 0 aliphatic rings. The molecule has 2 aromatic rings. The Kier molecular flexibility index (Phi) is 5.63. The van der Waals surface area contributed by atoms with Crippen LogP contribution in [0.1, 0.15) is 4.88 Å². The standard InChI is InChI=1S/C13H12BrClFNOS/c14-10-6-11(15)12(16)7-13(10)18-4-3-17-8-9-2-1-5-19-9/h1-2,5-7,17H,3-4,8H2. The smallest absolute Gasteiger partial charge is 0.145 e. The van der Waals surface area contributed by atoms with E-state index in [2.05, 4.69) is 27.3 Å². The maximum Gasteiger partial charge on any atom is 0.145 e. The predicted octanol–water partition coefficient (Wildman–Crippen LogP) is 4.47. The van der Waals surface area contributed by atoms with Crippen molar-refractivity contribution >= 4 is 38.9 Å². The summed E-state index contributed by atoms with van der Waals surface area (Å²) in [6, 6.07) is 6.87. The number of hydrogen-bond acceptors (Lipinski definition) is 3. The highest BCUT2D eigenvalue weighted by Gasteiger charge is 2.07. The average Bonchev–Trinajstić information content (AvgIpc) is 2.88. The van der Waals surface area contributed by atoms with Crippen molar-refractivity contribution in [3.05, 3.63) is 49.8 Å². The van der Waals surface area contributed by atoms with Gasteiger partial charge in [0.25, 0.3) is 0 Å². The number of benzene rings is 1. The molecule has 0 atom stereocenters. The number of thiophene rings is 1. The Bertz CT molecular complexity index is 536. The monoisotopic (exact) mass is 363 g/mol. The molecule has 0 amide bonds. The Morgan fingerprint density at radius 2 is 2.26 bits per heavy atom. The van der Waals surface area contributed by atoms with Gasteiger partial charge in [-0.25, -0.2) is 4.39 Å². The van der Waals surface area contributed by atoms with Crippen LogP contribution in [0.5, 0.6) is 5.75 Å². The second-order valence-corrected chi connectivity index (χ2v) is 6.10. The Morgan fingerprint density at radius 3 is 3.00 bits per heavy atom. The molecule has 0 radical (unpaired) electrons. The van der Waals surface area contributed by atoms with Gasteiger partial charge in [-0.15, -0.1) is 11.3 Å². The lowest BCUT2D eigenvalue weighted by atomic mass is 10.3. The van der Waals surface area contributed by atoms with E-state index in [4.69, 9.17) is 16.3 Å². The summed E-state index contributed by atoms with van der Waals surface area (Å²) in [7, 11) is 0. The summed E-state index contributed by atoms with van der Waals surface area (Å²) >= 11 is 10.7. The number of nitrogens with one attached hydrogen (secondary N) is 1.